The van der Waals surface area contributed by atoms with Crippen LogP contribution in [0.25, 0.3) is 22.2 Å². The van der Waals surface area contributed by atoms with Crippen LogP contribution in [0, 0.1) is 5.82 Å². The van der Waals surface area contributed by atoms with E-state index < -0.39 is 26.3 Å². The topological polar surface area (TPSA) is 84.3 Å². The molecule has 1 N–H and O–H groups in total. The van der Waals surface area contributed by atoms with Crippen LogP contribution in [0.3, 0.4) is 0 Å². The number of carbonyl (C=O) groups excluding carboxylic acids is 1. The van der Waals surface area contributed by atoms with Gasteiger partial charge in [0.25, 0.3) is 0 Å². The maximum Gasteiger partial charge on any atom is 0.333 e. The van der Waals surface area contributed by atoms with Gasteiger partial charge in [-0.15, -0.1) is 0 Å². The van der Waals surface area contributed by atoms with Gasteiger partial charge in [-0.3, -0.25) is 14.5 Å². The van der Waals surface area contributed by atoms with Crippen molar-refractivity contribution in [2.45, 2.75) is 37.6 Å². The van der Waals surface area contributed by atoms with Crippen molar-refractivity contribution in [3.63, 3.8) is 0 Å². The number of hydrogen-bond donors (Lipinski definition) is 1. The van der Waals surface area contributed by atoms with Crippen LogP contribution < -0.4 is 9.62 Å². The molecule has 1 amide bonds. The Kier molecular flexibility index (Phi) is 5.49. The summed E-state index contributed by atoms with van der Waals surface area (Å²) >= 11 is 0. The van der Waals surface area contributed by atoms with Gasteiger partial charge in [-0.1, -0.05) is 18.2 Å². The second-order valence-corrected chi connectivity index (χ2v) is 11.3. The van der Waals surface area contributed by atoms with Crippen LogP contribution in [0.4, 0.5) is 14.9 Å². The molecule has 0 spiro atoms. The van der Waals surface area contributed by atoms with Gasteiger partial charge in [-0.2, -0.15) is 0 Å². The van der Waals surface area contributed by atoms with Crippen LogP contribution in [-0.2, 0) is 16.4 Å². The molecule has 0 saturated carbocycles. The fraction of sp³-hybridized carbons (Fsp3) is 0.231. The van der Waals surface area contributed by atoms with Gasteiger partial charge in [0.05, 0.1) is 11.2 Å². The fourth-order valence-corrected chi connectivity index (χ4v) is 5.87. The Morgan fingerprint density at radius 2 is 1.77 bits per heavy atom. The van der Waals surface area contributed by atoms with Crippen LogP contribution in [0.5, 0.6) is 0 Å². The lowest BCUT2D eigenvalue weighted by atomic mass is 10.1. The molecule has 4 aromatic rings. The van der Waals surface area contributed by atoms with Crippen molar-refractivity contribution in [3.05, 3.63) is 78.4 Å². The predicted molar refractivity (Wildman–Crippen MR) is 133 cm³/mol. The summed E-state index contributed by atoms with van der Waals surface area (Å²) in [5.74, 6) is -0.855. The number of nitrogens with zero attached hydrogens (tertiary/aromatic N) is 3. The molecule has 35 heavy (non-hydrogen) atoms. The van der Waals surface area contributed by atoms with Gasteiger partial charge in [-0.05, 0) is 63.2 Å². The molecule has 9 heteroatoms. The van der Waals surface area contributed by atoms with Crippen LogP contribution in [0.15, 0.2) is 71.8 Å². The molecule has 1 aliphatic heterocycles. The lowest BCUT2D eigenvalue weighted by Gasteiger charge is -2.29. The Morgan fingerprint density at radius 3 is 2.43 bits per heavy atom. The lowest BCUT2D eigenvalue weighted by molar-refractivity contribution is 0.246. The number of amides is 1. The van der Waals surface area contributed by atoms with Crippen LogP contribution >= 0.6 is 0 Å². The van der Waals surface area contributed by atoms with Crippen molar-refractivity contribution < 1.29 is 17.6 Å². The average molecular weight is 493 g/mol. The lowest BCUT2D eigenvalue weighted by Crippen LogP contribution is -2.41. The first-order valence-corrected chi connectivity index (χ1v) is 12.7. The highest BCUT2D eigenvalue weighted by Gasteiger charge is 2.30. The Hall–Kier alpha value is -3.56. The Morgan fingerprint density at radius 1 is 1.03 bits per heavy atom. The number of pyridine rings is 1. The van der Waals surface area contributed by atoms with Gasteiger partial charge >= 0.3 is 6.03 Å². The number of rotatable bonds is 4. The van der Waals surface area contributed by atoms with E-state index in [0.717, 1.165) is 11.3 Å². The van der Waals surface area contributed by atoms with Gasteiger partial charge in [0.1, 0.15) is 10.7 Å². The molecule has 1 aliphatic rings. The van der Waals surface area contributed by atoms with Crippen molar-refractivity contribution in [1.29, 1.82) is 0 Å². The first-order valence-electron chi connectivity index (χ1n) is 11.2. The van der Waals surface area contributed by atoms with Crippen molar-refractivity contribution in [3.8, 4) is 11.3 Å². The molecule has 2 aromatic carbocycles. The summed E-state index contributed by atoms with van der Waals surface area (Å²) in [5.41, 5.74) is 2.77. The number of fused-ring (bicyclic) bond motifs is 3. The molecule has 2 aromatic heterocycles. The number of sulfonamides is 1. The van der Waals surface area contributed by atoms with Crippen LogP contribution in [0.1, 0.15) is 26.5 Å². The second kappa shape index (κ2) is 8.28. The van der Waals surface area contributed by atoms with Gasteiger partial charge in [0.15, 0.2) is 0 Å². The number of benzene rings is 2. The highest BCUT2D eigenvalue weighted by atomic mass is 32.2. The third-order valence-electron chi connectivity index (χ3n) is 5.81. The maximum atomic E-state index is 14.8. The number of aromatic nitrogens is 2. The standard InChI is InChI=1S/C26H25FN4O3S/c1-26(2,3)29-35(33,34)24-16-23-18(15-21(24)27)14-20-11-13-30(25(32)31(20)23)19-9-7-17(8-10-19)22-6-4-5-12-28-22/h4-10,12,14-16,29H,11,13H2,1-3H3. The minimum Gasteiger partial charge on any atom is -0.293 e. The summed E-state index contributed by atoms with van der Waals surface area (Å²) in [6, 6.07) is 17.1. The summed E-state index contributed by atoms with van der Waals surface area (Å²) in [6.07, 6.45) is 2.27. The Balaban J connectivity index is 1.53. The molecule has 3 heterocycles. The third-order valence-corrected chi connectivity index (χ3v) is 7.59. The maximum absolute atomic E-state index is 14.8. The molecule has 0 saturated heterocycles. The van der Waals surface area contributed by atoms with Gasteiger partial charge in [0, 0.05) is 47.0 Å². The van der Waals surface area contributed by atoms with Gasteiger partial charge < -0.3 is 0 Å². The molecule has 0 fully saturated rings. The van der Waals surface area contributed by atoms with Crippen molar-refractivity contribution >= 4 is 32.6 Å². The summed E-state index contributed by atoms with van der Waals surface area (Å²) in [7, 11) is -4.13. The number of anilines is 1. The van der Waals surface area contributed by atoms with Gasteiger partial charge in [-0.25, -0.2) is 22.3 Å². The van der Waals surface area contributed by atoms with E-state index in [1.807, 2.05) is 42.5 Å². The molecule has 0 unspecified atom stereocenters. The van der Waals surface area contributed by atoms with E-state index in [1.54, 1.807) is 37.9 Å². The average Bonchev–Trinajstić information content (AvgIpc) is 3.16. The molecular weight excluding hydrogens is 467 g/mol. The monoisotopic (exact) mass is 492 g/mol. The van der Waals surface area contributed by atoms with E-state index in [4.69, 9.17) is 0 Å². The summed E-state index contributed by atoms with van der Waals surface area (Å²) in [4.78, 5) is 19.0. The normalized spacial score (nSPS) is 14.4. The smallest absolute Gasteiger partial charge is 0.293 e. The number of nitrogens with one attached hydrogen (secondary N) is 1. The quantitative estimate of drug-likeness (QED) is 0.437. The van der Waals surface area contributed by atoms with Crippen molar-refractivity contribution in [2.24, 2.45) is 0 Å². The molecule has 7 nitrogen and oxygen atoms in total. The van der Waals surface area contributed by atoms with Crippen LogP contribution in [-0.4, -0.2) is 36.1 Å². The van der Waals surface area contributed by atoms with Crippen molar-refractivity contribution in [2.75, 3.05) is 11.4 Å². The second-order valence-electron chi connectivity index (χ2n) is 9.61. The first kappa shape index (κ1) is 23.2. The zero-order valence-electron chi connectivity index (χ0n) is 19.6. The Bertz CT molecular complexity index is 1540. The third kappa shape index (κ3) is 4.33. The van der Waals surface area contributed by atoms with Crippen molar-refractivity contribution in [1.82, 2.24) is 14.3 Å². The van der Waals surface area contributed by atoms with E-state index >= 15 is 0 Å². The zero-order valence-corrected chi connectivity index (χ0v) is 20.4. The zero-order chi connectivity index (χ0) is 25.0. The molecule has 0 bridgehead atoms. The first-order chi connectivity index (χ1) is 16.5. The molecule has 0 radical (unpaired) electrons. The minimum atomic E-state index is -4.13. The molecular formula is C26H25FN4O3S. The number of halogens is 1. The number of hydrogen-bond acceptors (Lipinski definition) is 4. The summed E-state index contributed by atoms with van der Waals surface area (Å²) < 4.78 is 44.5. The molecule has 5 rings (SSSR count). The van der Waals surface area contributed by atoms with Crippen LogP contribution in [0.2, 0.25) is 0 Å². The predicted octanol–water partition coefficient (Wildman–Crippen LogP) is 4.95. The largest absolute Gasteiger partial charge is 0.333 e. The highest BCUT2D eigenvalue weighted by molar-refractivity contribution is 7.89. The Labute approximate surface area is 203 Å². The minimum absolute atomic E-state index is 0.314. The number of carbonyl (C=O) groups is 1. The van der Waals surface area contributed by atoms with E-state index in [9.17, 15) is 17.6 Å². The summed E-state index contributed by atoms with van der Waals surface area (Å²) in [5, 5.41) is 0.480. The molecule has 0 atom stereocenters. The van der Waals surface area contributed by atoms with E-state index in [0.29, 0.717) is 35.2 Å². The van der Waals surface area contributed by atoms with Gasteiger partial charge in [0.2, 0.25) is 10.0 Å². The fourth-order valence-electron chi connectivity index (χ4n) is 4.37. The van der Waals surface area contributed by atoms with E-state index in [2.05, 4.69) is 9.71 Å². The van der Waals surface area contributed by atoms with E-state index in [-0.39, 0.29) is 6.03 Å². The molecule has 180 valence electrons. The summed E-state index contributed by atoms with van der Waals surface area (Å²) in [6.45, 7) is 5.50. The van der Waals surface area contributed by atoms with E-state index in [1.165, 1.54) is 16.7 Å². The SMILES string of the molecule is CC(C)(C)NS(=O)(=O)c1cc2c(cc1F)cc1n2C(=O)N(c2ccc(-c3ccccn3)cc2)CC1. The highest BCUT2D eigenvalue weighted by Crippen LogP contribution is 2.31. The molecule has 0 aliphatic carbocycles.